The van der Waals surface area contributed by atoms with Crippen molar-refractivity contribution >= 4 is 46.5 Å². The van der Waals surface area contributed by atoms with Gasteiger partial charge in [-0.25, -0.2) is 4.79 Å². The number of carboxylic acid groups (broad SMARTS) is 1. The lowest BCUT2D eigenvalue weighted by Gasteiger charge is -2.25. The summed E-state index contributed by atoms with van der Waals surface area (Å²) < 4.78 is 5.25. The summed E-state index contributed by atoms with van der Waals surface area (Å²) >= 11 is 7.38. The van der Waals surface area contributed by atoms with Gasteiger partial charge in [0.15, 0.2) is 0 Å². The van der Waals surface area contributed by atoms with Crippen LogP contribution in [0.15, 0.2) is 94.9 Å². The second kappa shape index (κ2) is 11.3. The number of aromatic carboxylic acids is 1. The first-order valence-corrected chi connectivity index (χ1v) is 13.3. The van der Waals surface area contributed by atoms with Gasteiger partial charge in [0.1, 0.15) is 11.4 Å². The highest BCUT2D eigenvalue weighted by Crippen LogP contribution is 2.36. The van der Waals surface area contributed by atoms with Gasteiger partial charge in [-0.1, -0.05) is 29.4 Å². The summed E-state index contributed by atoms with van der Waals surface area (Å²) in [5.74, 6) is -0.126. The van der Waals surface area contributed by atoms with Crippen molar-refractivity contribution in [1.82, 2.24) is 4.98 Å². The fourth-order valence-corrected chi connectivity index (χ4v) is 5.18. The van der Waals surface area contributed by atoms with Crippen LogP contribution in [-0.4, -0.2) is 35.5 Å². The molecular weight excluding hydrogens is 520 g/mol. The van der Waals surface area contributed by atoms with E-state index in [-0.39, 0.29) is 22.6 Å². The third kappa shape index (κ3) is 6.01. The topological polar surface area (TPSA) is 79.7 Å². The van der Waals surface area contributed by atoms with Crippen molar-refractivity contribution in [1.29, 1.82) is 0 Å². The third-order valence-corrected chi connectivity index (χ3v) is 7.63. The highest BCUT2D eigenvalue weighted by atomic mass is 35.5. The number of benzene rings is 3. The molecule has 0 saturated heterocycles. The maximum atomic E-state index is 13.2. The first kappa shape index (κ1) is 25.8. The second-order valence-electron chi connectivity index (χ2n) is 9.06. The van der Waals surface area contributed by atoms with Gasteiger partial charge < -0.3 is 14.7 Å². The molecule has 6 nitrogen and oxygen atoms in total. The summed E-state index contributed by atoms with van der Waals surface area (Å²) in [5.41, 5.74) is 2.47. The van der Waals surface area contributed by atoms with Crippen LogP contribution in [-0.2, 0) is 0 Å². The number of aromatic nitrogens is 1. The Bertz CT molecular complexity index is 1470. The molecule has 1 heterocycles. The predicted molar refractivity (Wildman–Crippen MR) is 149 cm³/mol. The predicted octanol–water partition coefficient (Wildman–Crippen LogP) is 7.37. The Morgan fingerprint density at radius 3 is 2.45 bits per heavy atom. The number of carbonyl (C=O) groups is 2. The van der Waals surface area contributed by atoms with E-state index in [0.29, 0.717) is 21.6 Å². The Morgan fingerprint density at radius 1 is 1.03 bits per heavy atom. The molecule has 1 N–H and O–H groups in total. The molecule has 0 aliphatic heterocycles. The maximum Gasteiger partial charge on any atom is 0.336 e. The quantitative estimate of drug-likeness (QED) is 0.209. The zero-order valence-corrected chi connectivity index (χ0v) is 22.2. The van der Waals surface area contributed by atoms with Gasteiger partial charge in [0.25, 0.3) is 0 Å². The van der Waals surface area contributed by atoms with E-state index < -0.39 is 5.97 Å². The van der Waals surface area contributed by atoms with Crippen LogP contribution in [0.1, 0.15) is 39.3 Å². The summed E-state index contributed by atoms with van der Waals surface area (Å²) in [6, 6.07) is 23.3. The smallest absolute Gasteiger partial charge is 0.336 e. The van der Waals surface area contributed by atoms with Gasteiger partial charge in [0.05, 0.1) is 24.6 Å². The number of ketones is 1. The number of nitrogens with zero attached hydrogens (tertiary/aromatic N) is 2. The SMILES string of the molecule is COc1cccc(Sc2ccc(C(=O)c3ccc(N(CC4CC4)c4ccc(Cl)cc4)cn3)cc2C(=O)O)c1. The minimum absolute atomic E-state index is 0.0543. The number of carbonyl (C=O) groups excluding carboxylic acids is 1. The summed E-state index contributed by atoms with van der Waals surface area (Å²) in [6.45, 7) is 0.866. The molecular formula is C30H25ClN2O4S. The molecule has 0 spiro atoms. The number of carboxylic acids is 1. The molecule has 1 aliphatic carbocycles. The first-order valence-electron chi connectivity index (χ1n) is 12.1. The largest absolute Gasteiger partial charge is 0.497 e. The monoisotopic (exact) mass is 544 g/mol. The Labute approximate surface area is 230 Å². The fourth-order valence-electron chi connectivity index (χ4n) is 4.09. The van der Waals surface area contributed by atoms with Gasteiger partial charge in [-0.3, -0.25) is 9.78 Å². The maximum absolute atomic E-state index is 13.2. The number of halogens is 1. The van der Waals surface area contributed by atoms with Crippen LogP contribution in [0.3, 0.4) is 0 Å². The molecule has 1 saturated carbocycles. The minimum atomic E-state index is -1.10. The van der Waals surface area contributed by atoms with E-state index >= 15 is 0 Å². The molecule has 3 aromatic carbocycles. The molecule has 1 aromatic heterocycles. The Balaban J connectivity index is 1.38. The molecule has 1 aliphatic rings. The van der Waals surface area contributed by atoms with Crippen molar-refractivity contribution in [2.24, 2.45) is 5.92 Å². The lowest BCUT2D eigenvalue weighted by molar-refractivity contribution is 0.0693. The van der Waals surface area contributed by atoms with Gasteiger partial charge in [0, 0.05) is 32.6 Å². The minimum Gasteiger partial charge on any atom is -0.497 e. The highest BCUT2D eigenvalue weighted by molar-refractivity contribution is 7.99. The third-order valence-electron chi connectivity index (χ3n) is 6.31. The molecule has 4 aromatic rings. The van der Waals surface area contributed by atoms with Crippen molar-refractivity contribution in [3.63, 3.8) is 0 Å². The molecule has 5 rings (SSSR count). The van der Waals surface area contributed by atoms with Crippen molar-refractivity contribution in [3.8, 4) is 5.75 Å². The summed E-state index contributed by atoms with van der Waals surface area (Å²) in [7, 11) is 1.58. The van der Waals surface area contributed by atoms with E-state index in [1.807, 2.05) is 54.6 Å². The summed E-state index contributed by atoms with van der Waals surface area (Å²) in [4.78, 5) is 33.3. The van der Waals surface area contributed by atoms with Gasteiger partial charge in [-0.2, -0.15) is 0 Å². The molecule has 0 amide bonds. The second-order valence-corrected chi connectivity index (χ2v) is 10.6. The van der Waals surface area contributed by atoms with Gasteiger partial charge in [-0.15, -0.1) is 0 Å². The Hall–Kier alpha value is -3.81. The van der Waals surface area contributed by atoms with Crippen LogP contribution in [0.25, 0.3) is 0 Å². The van der Waals surface area contributed by atoms with Crippen molar-refractivity contribution in [3.05, 3.63) is 107 Å². The number of pyridine rings is 1. The van der Waals surface area contributed by atoms with Gasteiger partial charge in [0.2, 0.25) is 5.78 Å². The number of ether oxygens (including phenoxy) is 1. The lowest BCUT2D eigenvalue weighted by atomic mass is 10.0. The summed E-state index contributed by atoms with van der Waals surface area (Å²) in [5, 5.41) is 10.5. The van der Waals surface area contributed by atoms with Crippen LogP contribution in [0, 0.1) is 5.92 Å². The van der Waals surface area contributed by atoms with Crippen molar-refractivity contribution in [2.45, 2.75) is 22.6 Å². The number of methoxy groups -OCH3 is 1. The molecule has 192 valence electrons. The number of hydrogen-bond donors (Lipinski definition) is 1. The number of hydrogen-bond acceptors (Lipinski definition) is 6. The fraction of sp³-hybridized carbons (Fsp3) is 0.167. The Kier molecular flexibility index (Phi) is 7.67. The average Bonchev–Trinajstić information content (AvgIpc) is 3.77. The van der Waals surface area contributed by atoms with E-state index in [9.17, 15) is 14.7 Å². The molecule has 0 atom stereocenters. The van der Waals surface area contributed by atoms with Crippen LogP contribution in [0.4, 0.5) is 11.4 Å². The van der Waals surface area contributed by atoms with E-state index in [0.717, 1.165) is 22.8 Å². The molecule has 0 bridgehead atoms. The van der Waals surface area contributed by atoms with Crippen molar-refractivity contribution in [2.75, 3.05) is 18.6 Å². The summed E-state index contributed by atoms with van der Waals surface area (Å²) in [6.07, 6.45) is 4.09. The highest BCUT2D eigenvalue weighted by Gasteiger charge is 2.26. The van der Waals surface area contributed by atoms with Crippen molar-refractivity contribution < 1.29 is 19.4 Å². The van der Waals surface area contributed by atoms with E-state index in [1.165, 1.54) is 30.7 Å². The standard InChI is InChI=1S/C30H25ClN2O4S/c1-37-24-3-2-4-25(16-24)38-28-14-7-20(15-26(28)30(35)36)29(34)27-13-12-23(17-32-27)33(18-19-5-6-19)22-10-8-21(31)9-11-22/h2-4,7-17,19H,5-6,18H2,1H3,(H,35,36). The first-order chi connectivity index (χ1) is 18.4. The van der Waals surface area contributed by atoms with Crippen LogP contribution >= 0.6 is 23.4 Å². The normalized spacial score (nSPS) is 12.7. The van der Waals surface area contributed by atoms with Gasteiger partial charge in [-0.05, 0) is 91.6 Å². The van der Waals surface area contributed by atoms with E-state index in [1.54, 1.807) is 31.5 Å². The number of rotatable bonds is 10. The lowest BCUT2D eigenvalue weighted by Crippen LogP contribution is -2.20. The van der Waals surface area contributed by atoms with Crippen LogP contribution in [0.2, 0.25) is 5.02 Å². The molecule has 8 heteroatoms. The van der Waals surface area contributed by atoms with Crippen LogP contribution in [0.5, 0.6) is 5.75 Å². The van der Waals surface area contributed by atoms with E-state index in [4.69, 9.17) is 16.3 Å². The molecule has 0 unspecified atom stereocenters. The molecule has 38 heavy (non-hydrogen) atoms. The molecule has 1 fully saturated rings. The number of anilines is 2. The zero-order valence-electron chi connectivity index (χ0n) is 20.6. The van der Waals surface area contributed by atoms with Gasteiger partial charge >= 0.3 is 5.97 Å². The van der Waals surface area contributed by atoms with Crippen LogP contribution < -0.4 is 9.64 Å². The van der Waals surface area contributed by atoms with E-state index in [2.05, 4.69) is 9.88 Å². The average molecular weight is 545 g/mol. The Morgan fingerprint density at radius 2 is 1.79 bits per heavy atom. The molecule has 0 radical (unpaired) electrons. The zero-order chi connectivity index (χ0) is 26.6.